The van der Waals surface area contributed by atoms with E-state index in [9.17, 15) is 4.79 Å². The Hall–Kier alpha value is -2.21. The van der Waals surface area contributed by atoms with Crippen molar-refractivity contribution >= 4 is 5.91 Å². The minimum Gasteiger partial charge on any atom is -0.350 e. The second-order valence-electron chi connectivity index (χ2n) is 5.71. The van der Waals surface area contributed by atoms with Crippen LogP contribution < -0.4 is 10.6 Å². The largest absolute Gasteiger partial charge is 0.350 e. The van der Waals surface area contributed by atoms with Gasteiger partial charge in [0, 0.05) is 29.6 Å². The van der Waals surface area contributed by atoms with Gasteiger partial charge in [-0.1, -0.05) is 5.16 Å². The lowest BCUT2D eigenvalue weighted by atomic mass is 10.1. The van der Waals surface area contributed by atoms with Gasteiger partial charge < -0.3 is 15.2 Å². The van der Waals surface area contributed by atoms with E-state index in [1.807, 2.05) is 26.1 Å². The maximum atomic E-state index is 12.0. The van der Waals surface area contributed by atoms with Gasteiger partial charge in [0.15, 0.2) is 5.82 Å². The normalized spacial score (nSPS) is 15.5. The van der Waals surface area contributed by atoms with E-state index >= 15 is 0 Å². The summed E-state index contributed by atoms with van der Waals surface area (Å²) in [5.41, 5.74) is 1.45. The van der Waals surface area contributed by atoms with Gasteiger partial charge in [-0.2, -0.15) is 4.98 Å². The number of carbonyl (C=O) groups is 1. The maximum Gasteiger partial charge on any atom is 0.257 e. The zero-order chi connectivity index (χ0) is 15.5. The molecular weight excluding hydrogens is 280 g/mol. The molecule has 3 rings (SSSR count). The van der Waals surface area contributed by atoms with Gasteiger partial charge in [0.05, 0.1) is 0 Å². The van der Waals surface area contributed by atoms with Crippen LogP contribution in [0.3, 0.4) is 0 Å². The third-order valence-corrected chi connectivity index (χ3v) is 3.84. The van der Waals surface area contributed by atoms with Gasteiger partial charge in [-0.15, -0.1) is 0 Å². The number of amides is 1. The summed E-state index contributed by atoms with van der Waals surface area (Å²) in [6.45, 7) is 2.60. The van der Waals surface area contributed by atoms with E-state index in [2.05, 4.69) is 20.8 Å². The van der Waals surface area contributed by atoms with Crippen LogP contribution in [0.15, 0.2) is 28.8 Å². The van der Waals surface area contributed by atoms with Crippen LogP contribution in [0.5, 0.6) is 0 Å². The van der Waals surface area contributed by atoms with Gasteiger partial charge in [-0.3, -0.25) is 4.79 Å². The van der Waals surface area contributed by atoms with Gasteiger partial charge in [0.2, 0.25) is 0 Å². The van der Waals surface area contributed by atoms with Crippen molar-refractivity contribution in [2.45, 2.75) is 31.7 Å². The molecule has 1 aromatic carbocycles. The summed E-state index contributed by atoms with van der Waals surface area (Å²) in [6, 6.07) is 7.45. The monoisotopic (exact) mass is 300 g/mol. The van der Waals surface area contributed by atoms with E-state index in [0.29, 0.717) is 23.9 Å². The molecule has 1 saturated carbocycles. The van der Waals surface area contributed by atoms with Crippen molar-refractivity contribution in [1.82, 2.24) is 20.8 Å². The molecule has 0 aliphatic heterocycles. The Kier molecular flexibility index (Phi) is 4.20. The molecule has 6 heteroatoms. The second-order valence-corrected chi connectivity index (χ2v) is 5.71. The number of nitrogens with zero attached hydrogens (tertiary/aromatic N) is 2. The fourth-order valence-corrected chi connectivity index (χ4v) is 2.07. The Bertz CT molecular complexity index is 646. The Morgan fingerprint density at radius 2 is 2.09 bits per heavy atom. The van der Waals surface area contributed by atoms with E-state index in [0.717, 1.165) is 24.2 Å². The number of aromatic nitrogens is 2. The van der Waals surface area contributed by atoms with Crippen molar-refractivity contribution in [3.63, 3.8) is 0 Å². The summed E-state index contributed by atoms with van der Waals surface area (Å²) in [4.78, 5) is 16.4. The molecule has 1 aromatic heterocycles. The lowest BCUT2D eigenvalue weighted by molar-refractivity contribution is 0.0950. The van der Waals surface area contributed by atoms with E-state index < -0.39 is 0 Å². The van der Waals surface area contributed by atoms with E-state index in [1.54, 1.807) is 12.1 Å². The molecule has 116 valence electrons. The van der Waals surface area contributed by atoms with Crippen molar-refractivity contribution in [1.29, 1.82) is 0 Å². The first kappa shape index (κ1) is 14.7. The number of benzene rings is 1. The van der Waals surface area contributed by atoms with Crippen molar-refractivity contribution in [3.05, 3.63) is 35.7 Å². The van der Waals surface area contributed by atoms with Crippen LogP contribution in [0.2, 0.25) is 0 Å². The smallest absolute Gasteiger partial charge is 0.257 e. The van der Waals surface area contributed by atoms with Crippen molar-refractivity contribution in [2.75, 3.05) is 13.6 Å². The molecule has 1 unspecified atom stereocenters. The van der Waals surface area contributed by atoms with Crippen LogP contribution in [0, 0.1) is 0 Å². The first-order valence-corrected chi connectivity index (χ1v) is 7.57. The van der Waals surface area contributed by atoms with Gasteiger partial charge >= 0.3 is 0 Å². The Labute approximate surface area is 129 Å². The molecule has 0 radical (unpaired) electrons. The first-order valence-electron chi connectivity index (χ1n) is 7.57. The molecule has 1 amide bonds. The standard InChI is InChI=1S/C16H20N4O2/c1-10(17-2)9-18-15(21)12-5-7-13(8-6-12)16-19-14(20-22-16)11-3-4-11/h5-8,10-11,17H,3-4,9H2,1-2H3,(H,18,21). The molecule has 6 nitrogen and oxygen atoms in total. The molecule has 0 spiro atoms. The summed E-state index contributed by atoms with van der Waals surface area (Å²) in [5.74, 6) is 1.69. The summed E-state index contributed by atoms with van der Waals surface area (Å²) in [5, 5.41) is 9.96. The lowest BCUT2D eigenvalue weighted by Gasteiger charge is -2.11. The maximum absolute atomic E-state index is 12.0. The number of carbonyl (C=O) groups excluding carboxylic acids is 1. The fourth-order valence-electron chi connectivity index (χ4n) is 2.07. The number of likely N-dealkylation sites (N-methyl/N-ethyl adjacent to an activating group) is 1. The molecule has 1 atom stereocenters. The third kappa shape index (κ3) is 3.33. The van der Waals surface area contributed by atoms with Crippen LogP contribution in [-0.4, -0.2) is 35.7 Å². The van der Waals surface area contributed by atoms with E-state index in [1.165, 1.54) is 0 Å². The molecule has 0 bridgehead atoms. The lowest BCUT2D eigenvalue weighted by Crippen LogP contribution is -2.37. The van der Waals surface area contributed by atoms with Crippen LogP contribution in [0.25, 0.3) is 11.5 Å². The van der Waals surface area contributed by atoms with Crippen LogP contribution >= 0.6 is 0 Å². The molecule has 2 N–H and O–H groups in total. The summed E-state index contributed by atoms with van der Waals surface area (Å²) in [7, 11) is 1.87. The van der Waals surface area contributed by atoms with E-state index in [-0.39, 0.29) is 11.9 Å². The van der Waals surface area contributed by atoms with Crippen LogP contribution in [0.1, 0.15) is 41.9 Å². The number of hydrogen-bond acceptors (Lipinski definition) is 5. The van der Waals surface area contributed by atoms with Gasteiger partial charge in [-0.05, 0) is 51.1 Å². The average molecular weight is 300 g/mol. The third-order valence-electron chi connectivity index (χ3n) is 3.84. The van der Waals surface area contributed by atoms with Crippen molar-refractivity contribution in [2.24, 2.45) is 0 Å². The first-order chi connectivity index (χ1) is 10.7. The minimum absolute atomic E-state index is 0.0853. The number of nitrogens with one attached hydrogen (secondary N) is 2. The van der Waals surface area contributed by atoms with E-state index in [4.69, 9.17) is 4.52 Å². The predicted octanol–water partition coefficient (Wildman–Crippen LogP) is 1.95. The van der Waals surface area contributed by atoms with Crippen molar-refractivity contribution < 1.29 is 9.32 Å². The molecule has 1 aliphatic rings. The number of hydrogen-bond donors (Lipinski definition) is 2. The topological polar surface area (TPSA) is 80.0 Å². The zero-order valence-corrected chi connectivity index (χ0v) is 12.8. The summed E-state index contributed by atoms with van der Waals surface area (Å²) >= 11 is 0. The summed E-state index contributed by atoms with van der Waals surface area (Å²) < 4.78 is 5.28. The molecule has 22 heavy (non-hydrogen) atoms. The van der Waals surface area contributed by atoms with Gasteiger partial charge in [0.25, 0.3) is 11.8 Å². The van der Waals surface area contributed by atoms with Gasteiger partial charge in [-0.25, -0.2) is 0 Å². The Morgan fingerprint density at radius 1 is 1.36 bits per heavy atom. The predicted molar refractivity (Wildman–Crippen MR) is 82.6 cm³/mol. The SMILES string of the molecule is CNC(C)CNC(=O)c1ccc(-c2nc(C3CC3)no2)cc1. The molecule has 0 saturated heterocycles. The molecular formula is C16H20N4O2. The molecule has 1 aliphatic carbocycles. The Morgan fingerprint density at radius 3 is 2.73 bits per heavy atom. The van der Waals surface area contributed by atoms with Crippen LogP contribution in [0.4, 0.5) is 0 Å². The summed E-state index contributed by atoms with van der Waals surface area (Å²) in [6.07, 6.45) is 2.28. The van der Waals surface area contributed by atoms with Crippen LogP contribution in [-0.2, 0) is 0 Å². The highest BCUT2D eigenvalue weighted by Gasteiger charge is 2.28. The highest BCUT2D eigenvalue weighted by atomic mass is 16.5. The highest BCUT2D eigenvalue weighted by Crippen LogP contribution is 2.38. The molecule has 2 aromatic rings. The quantitative estimate of drug-likeness (QED) is 0.852. The zero-order valence-electron chi connectivity index (χ0n) is 12.8. The van der Waals surface area contributed by atoms with Gasteiger partial charge in [0.1, 0.15) is 0 Å². The fraction of sp³-hybridized carbons (Fsp3) is 0.438. The average Bonchev–Trinajstić information content (AvgIpc) is 3.29. The number of rotatable bonds is 6. The van der Waals surface area contributed by atoms with Crippen molar-refractivity contribution in [3.8, 4) is 11.5 Å². The second kappa shape index (κ2) is 6.27. The minimum atomic E-state index is -0.0853. The molecule has 1 fully saturated rings. The Balaban J connectivity index is 1.65. The molecule has 1 heterocycles. The highest BCUT2D eigenvalue weighted by molar-refractivity contribution is 5.94.